The third-order valence-electron chi connectivity index (χ3n) is 4.11. The van der Waals surface area contributed by atoms with E-state index in [-0.39, 0.29) is 5.25 Å². The fourth-order valence-corrected chi connectivity index (χ4v) is 3.84. The van der Waals surface area contributed by atoms with Crippen molar-refractivity contribution < 1.29 is 14.4 Å². The second-order valence-corrected chi connectivity index (χ2v) is 7.07. The van der Waals surface area contributed by atoms with Gasteiger partial charge in [-0.25, -0.2) is 0 Å². The van der Waals surface area contributed by atoms with Crippen molar-refractivity contribution >= 4 is 17.8 Å². The lowest BCUT2D eigenvalue weighted by molar-refractivity contribution is -0.0124. The van der Waals surface area contributed by atoms with Gasteiger partial charge >= 0.3 is 6.01 Å². The molecule has 0 radical (unpaired) electrons. The number of hydrogen-bond acceptors (Lipinski definition) is 7. The van der Waals surface area contributed by atoms with Crippen LogP contribution in [0.3, 0.4) is 0 Å². The second kappa shape index (κ2) is 6.80. The lowest BCUT2D eigenvalue weighted by atomic mass is 9.79. The van der Waals surface area contributed by atoms with Gasteiger partial charge in [0.1, 0.15) is 5.75 Å². The zero-order chi connectivity index (χ0) is 16.3. The molecule has 3 rings (SSSR count). The molecular weight excluding hydrogens is 314 g/mol. The summed E-state index contributed by atoms with van der Waals surface area (Å²) in [6, 6.07) is 7.80. The molecule has 2 atom stereocenters. The predicted octanol–water partition coefficient (Wildman–Crippen LogP) is 2.80. The summed E-state index contributed by atoms with van der Waals surface area (Å²) in [5, 5.41) is 17.9. The molecule has 7 heteroatoms. The molecule has 0 spiro atoms. The fraction of sp³-hybridized carbons (Fsp3) is 0.500. The van der Waals surface area contributed by atoms with Crippen LogP contribution >= 0.6 is 11.8 Å². The number of rotatable bonds is 7. The molecule has 0 aliphatic heterocycles. The Kier molecular flexibility index (Phi) is 4.77. The van der Waals surface area contributed by atoms with Crippen molar-refractivity contribution in [3.05, 3.63) is 24.3 Å². The maximum Gasteiger partial charge on any atom is 0.321 e. The zero-order valence-electron chi connectivity index (χ0n) is 13.3. The van der Waals surface area contributed by atoms with Crippen molar-refractivity contribution in [1.82, 2.24) is 10.1 Å². The molecule has 2 unspecified atom stereocenters. The number of anilines is 1. The van der Waals surface area contributed by atoms with Crippen molar-refractivity contribution in [2.75, 3.05) is 24.7 Å². The molecule has 2 aromatic rings. The van der Waals surface area contributed by atoms with Gasteiger partial charge in [0, 0.05) is 17.4 Å². The van der Waals surface area contributed by atoms with Crippen LogP contribution in [0.5, 0.6) is 5.75 Å². The molecule has 1 aromatic heterocycles. The van der Waals surface area contributed by atoms with Gasteiger partial charge in [0.2, 0.25) is 5.82 Å². The van der Waals surface area contributed by atoms with E-state index in [0.29, 0.717) is 18.4 Å². The molecule has 1 aliphatic rings. The minimum Gasteiger partial charge on any atom is -0.497 e. The number of benzene rings is 1. The van der Waals surface area contributed by atoms with E-state index in [9.17, 15) is 5.11 Å². The summed E-state index contributed by atoms with van der Waals surface area (Å²) in [5.74, 6) is 2.24. The quantitative estimate of drug-likeness (QED) is 0.805. The highest BCUT2D eigenvalue weighted by atomic mass is 32.2. The zero-order valence-corrected chi connectivity index (χ0v) is 14.1. The van der Waals surface area contributed by atoms with Gasteiger partial charge in [0.15, 0.2) is 0 Å². The third kappa shape index (κ3) is 3.45. The summed E-state index contributed by atoms with van der Waals surface area (Å²) < 4.78 is 10.4. The largest absolute Gasteiger partial charge is 0.497 e. The van der Waals surface area contributed by atoms with E-state index < -0.39 is 5.60 Å². The van der Waals surface area contributed by atoms with E-state index in [4.69, 9.17) is 9.26 Å². The van der Waals surface area contributed by atoms with E-state index in [1.54, 1.807) is 18.9 Å². The Balaban J connectivity index is 1.63. The first kappa shape index (κ1) is 16.1. The Labute approximate surface area is 139 Å². The summed E-state index contributed by atoms with van der Waals surface area (Å²) in [6.45, 7) is 2.53. The van der Waals surface area contributed by atoms with Gasteiger partial charge in [0.05, 0.1) is 12.7 Å². The average molecular weight is 335 g/mol. The number of ether oxygens (including phenoxy) is 1. The smallest absolute Gasteiger partial charge is 0.321 e. The molecule has 6 nitrogen and oxygen atoms in total. The summed E-state index contributed by atoms with van der Waals surface area (Å²) >= 11 is 1.80. The van der Waals surface area contributed by atoms with Crippen LogP contribution in [0.15, 0.2) is 28.8 Å². The maximum absolute atomic E-state index is 10.6. The second-order valence-electron chi connectivity index (χ2n) is 5.59. The normalized spacial score (nSPS) is 23.3. The van der Waals surface area contributed by atoms with Gasteiger partial charge in [-0.2, -0.15) is 16.7 Å². The number of thioether (sulfide) groups is 1. The van der Waals surface area contributed by atoms with Crippen LogP contribution in [0.4, 0.5) is 6.01 Å². The third-order valence-corrected chi connectivity index (χ3v) is 5.52. The molecule has 1 saturated carbocycles. The molecule has 124 valence electrons. The van der Waals surface area contributed by atoms with Crippen LogP contribution < -0.4 is 10.1 Å². The Hall–Kier alpha value is -1.73. The van der Waals surface area contributed by atoms with Crippen LogP contribution in [-0.2, 0) is 0 Å². The van der Waals surface area contributed by atoms with Crippen molar-refractivity contribution in [3.8, 4) is 17.1 Å². The maximum atomic E-state index is 10.6. The van der Waals surface area contributed by atoms with E-state index in [2.05, 4.69) is 22.4 Å². The van der Waals surface area contributed by atoms with E-state index >= 15 is 0 Å². The summed E-state index contributed by atoms with van der Waals surface area (Å²) in [7, 11) is 1.62. The van der Waals surface area contributed by atoms with Crippen LogP contribution in [0.25, 0.3) is 11.4 Å². The molecule has 0 amide bonds. The van der Waals surface area contributed by atoms with Crippen molar-refractivity contribution in [3.63, 3.8) is 0 Å². The Bertz CT molecular complexity index is 664. The Morgan fingerprint density at radius 3 is 3.09 bits per heavy atom. The number of aliphatic hydroxyl groups is 1. The van der Waals surface area contributed by atoms with E-state index in [1.165, 1.54) is 0 Å². The van der Waals surface area contributed by atoms with Gasteiger partial charge in [-0.15, -0.1) is 0 Å². The number of aromatic nitrogens is 2. The lowest BCUT2D eigenvalue weighted by Crippen LogP contribution is -2.54. The van der Waals surface area contributed by atoms with Crippen LogP contribution in [-0.4, -0.2) is 45.5 Å². The van der Waals surface area contributed by atoms with Gasteiger partial charge in [-0.3, -0.25) is 0 Å². The summed E-state index contributed by atoms with van der Waals surface area (Å²) in [6.07, 6.45) is 1.85. The minimum atomic E-state index is -0.689. The van der Waals surface area contributed by atoms with Crippen LogP contribution in [0.2, 0.25) is 0 Å². The highest BCUT2D eigenvalue weighted by Crippen LogP contribution is 2.41. The van der Waals surface area contributed by atoms with Crippen LogP contribution in [0.1, 0.15) is 19.8 Å². The first-order valence-electron chi connectivity index (χ1n) is 7.70. The van der Waals surface area contributed by atoms with Crippen molar-refractivity contribution in [2.24, 2.45) is 0 Å². The number of nitrogens with one attached hydrogen (secondary N) is 1. The average Bonchev–Trinajstić information content (AvgIpc) is 3.05. The minimum absolute atomic E-state index is 0.278. The van der Waals surface area contributed by atoms with Gasteiger partial charge in [-0.1, -0.05) is 24.2 Å². The standard InChI is InChI=1S/C16H21N3O3S/c1-3-23-13-7-8-16(13,20)10-17-15-18-14(19-22-15)11-5-4-6-12(9-11)21-2/h4-6,9,13,20H,3,7-8,10H2,1-2H3,(H,17,18,19). The predicted molar refractivity (Wildman–Crippen MR) is 90.9 cm³/mol. The Morgan fingerprint density at radius 1 is 1.52 bits per heavy atom. The highest BCUT2D eigenvalue weighted by Gasteiger charge is 2.45. The highest BCUT2D eigenvalue weighted by molar-refractivity contribution is 8.00. The molecule has 1 fully saturated rings. The number of nitrogens with zero attached hydrogens (tertiary/aromatic N) is 2. The molecule has 1 aromatic carbocycles. The van der Waals surface area contributed by atoms with Gasteiger partial charge in [0.25, 0.3) is 0 Å². The van der Waals surface area contributed by atoms with Crippen LogP contribution in [0, 0.1) is 0 Å². The topological polar surface area (TPSA) is 80.4 Å². The van der Waals surface area contributed by atoms with Gasteiger partial charge < -0.3 is 19.7 Å². The molecule has 1 aliphatic carbocycles. The fourth-order valence-electron chi connectivity index (χ4n) is 2.64. The van der Waals surface area contributed by atoms with Crippen molar-refractivity contribution in [1.29, 1.82) is 0 Å². The van der Waals surface area contributed by atoms with E-state index in [1.807, 2.05) is 24.3 Å². The molecule has 0 saturated heterocycles. The number of methoxy groups -OCH3 is 1. The molecule has 0 bridgehead atoms. The van der Waals surface area contributed by atoms with Gasteiger partial charge in [-0.05, 0) is 30.7 Å². The number of hydrogen-bond donors (Lipinski definition) is 2. The lowest BCUT2D eigenvalue weighted by Gasteiger charge is -2.44. The summed E-state index contributed by atoms with van der Waals surface area (Å²) in [5.41, 5.74) is 0.133. The summed E-state index contributed by atoms with van der Waals surface area (Å²) in [4.78, 5) is 4.33. The van der Waals surface area contributed by atoms with Crippen molar-refractivity contribution in [2.45, 2.75) is 30.6 Å². The molecule has 1 heterocycles. The monoisotopic (exact) mass is 335 g/mol. The molecule has 2 N–H and O–H groups in total. The van der Waals surface area contributed by atoms with E-state index in [0.717, 1.165) is 29.9 Å². The first-order valence-corrected chi connectivity index (χ1v) is 8.75. The molecular formula is C16H21N3O3S. The SMILES string of the molecule is CCSC1CCC1(O)CNc1nc(-c2cccc(OC)c2)no1. The first-order chi connectivity index (χ1) is 11.1. The Morgan fingerprint density at radius 2 is 2.39 bits per heavy atom. The molecule has 23 heavy (non-hydrogen) atoms.